The molecule has 4 nitrogen and oxygen atoms in total. The zero-order chi connectivity index (χ0) is 13.0. The molecule has 5 heteroatoms. The van der Waals surface area contributed by atoms with Crippen molar-refractivity contribution in [2.24, 2.45) is 0 Å². The van der Waals surface area contributed by atoms with Crippen LogP contribution >= 0.6 is 11.6 Å². The topological polar surface area (TPSA) is 68.0 Å². The Hall–Kier alpha value is -2.07. The van der Waals surface area contributed by atoms with Crippen molar-refractivity contribution in [1.29, 1.82) is 0 Å². The maximum Gasteiger partial charge on any atom is 0.270 e. The van der Waals surface area contributed by atoms with Gasteiger partial charge in [0.15, 0.2) is 0 Å². The third kappa shape index (κ3) is 3.21. The molecular formula is C13H12ClN3O. The largest absolute Gasteiger partial charge is 0.384 e. The van der Waals surface area contributed by atoms with Crippen molar-refractivity contribution in [3.05, 3.63) is 58.7 Å². The monoisotopic (exact) mass is 261 g/mol. The Balaban J connectivity index is 1.98. The highest BCUT2D eigenvalue weighted by molar-refractivity contribution is 6.30. The molecule has 2 rings (SSSR count). The Morgan fingerprint density at radius 3 is 2.61 bits per heavy atom. The van der Waals surface area contributed by atoms with Crippen molar-refractivity contribution in [3.63, 3.8) is 0 Å². The first-order valence-corrected chi connectivity index (χ1v) is 5.78. The number of carbonyl (C=O) groups is 1. The maximum atomic E-state index is 11.8. The van der Waals surface area contributed by atoms with Gasteiger partial charge in [-0.2, -0.15) is 0 Å². The molecule has 0 aliphatic rings. The van der Waals surface area contributed by atoms with E-state index in [0.717, 1.165) is 5.56 Å². The molecule has 0 bridgehead atoms. The van der Waals surface area contributed by atoms with Crippen molar-refractivity contribution in [2.45, 2.75) is 6.54 Å². The number of halogens is 1. The molecule has 1 aromatic carbocycles. The van der Waals surface area contributed by atoms with Crippen LogP contribution in [-0.2, 0) is 6.54 Å². The van der Waals surface area contributed by atoms with Crippen LogP contribution < -0.4 is 11.1 Å². The minimum Gasteiger partial charge on any atom is -0.384 e. The van der Waals surface area contributed by atoms with Crippen molar-refractivity contribution in [3.8, 4) is 0 Å². The number of hydrogen-bond donors (Lipinski definition) is 2. The normalized spacial score (nSPS) is 10.1. The van der Waals surface area contributed by atoms with E-state index in [1.54, 1.807) is 30.3 Å². The number of aromatic nitrogens is 1. The van der Waals surface area contributed by atoms with Gasteiger partial charge in [0, 0.05) is 11.6 Å². The summed E-state index contributed by atoms with van der Waals surface area (Å²) >= 11 is 5.78. The molecule has 0 spiro atoms. The molecule has 92 valence electrons. The molecule has 0 saturated carbocycles. The fourth-order valence-electron chi connectivity index (χ4n) is 1.45. The lowest BCUT2D eigenvalue weighted by molar-refractivity contribution is 0.0946. The molecule has 0 fully saturated rings. The number of hydrogen-bond acceptors (Lipinski definition) is 3. The van der Waals surface area contributed by atoms with E-state index < -0.39 is 0 Å². The summed E-state index contributed by atoms with van der Waals surface area (Å²) in [5.74, 6) is 0.0754. The number of nitrogens with zero attached hydrogens (tertiary/aromatic N) is 1. The van der Waals surface area contributed by atoms with Gasteiger partial charge in [0.2, 0.25) is 0 Å². The van der Waals surface area contributed by atoms with Gasteiger partial charge in [0.25, 0.3) is 5.91 Å². The SMILES string of the molecule is Nc1cccc(C(=O)NCc2ccc(Cl)cc2)n1. The van der Waals surface area contributed by atoms with Gasteiger partial charge in [-0.25, -0.2) is 4.98 Å². The zero-order valence-corrected chi connectivity index (χ0v) is 10.3. The lowest BCUT2D eigenvalue weighted by Crippen LogP contribution is -2.23. The average molecular weight is 262 g/mol. The molecule has 0 radical (unpaired) electrons. The van der Waals surface area contributed by atoms with Crippen LogP contribution in [0.4, 0.5) is 5.82 Å². The summed E-state index contributed by atoms with van der Waals surface area (Å²) in [5.41, 5.74) is 6.79. The fraction of sp³-hybridized carbons (Fsp3) is 0.0769. The van der Waals surface area contributed by atoms with Gasteiger partial charge in [0.1, 0.15) is 11.5 Å². The van der Waals surface area contributed by atoms with E-state index in [1.807, 2.05) is 12.1 Å². The van der Waals surface area contributed by atoms with E-state index >= 15 is 0 Å². The molecular weight excluding hydrogens is 250 g/mol. The Labute approximate surface area is 110 Å². The van der Waals surface area contributed by atoms with Gasteiger partial charge in [-0.3, -0.25) is 4.79 Å². The second kappa shape index (κ2) is 5.51. The number of amides is 1. The zero-order valence-electron chi connectivity index (χ0n) is 9.56. The number of nitrogens with one attached hydrogen (secondary N) is 1. The van der Waals surface area contributed by atoms with Crippen LogP contribution in [0.5, 0.6) is 0 Å². The van der Waals surface area contributed by atoms with Crippen molar-refractivity contribution in [1.82, 2.24) is 10.3 Å². The molecule has 1 amide bonds. The molecule has 1 heterocycles. The van der Waals surface area contributed by atoms with E-state index in [4.69, 9.17) is 17.3 Å². The second-order valence-corrected chi connectivity index (χ2v) is 4.19. The van der Waals surface area contributed by atoms with Crippen LogP contribution in [0.25, 0.3) is 0 Å². The van der Waals surface area contributed by atoms with E-state index in [1.165, 1.54) is 0 Å². The van der Waals surface area contributed by atoms with Crippen LogP contribution in [0.1, 0.15) is 16.1 Å². The van der Waals surface area contributed by atoms with E-state index in [-0.39, 0.29) is 5.91 Å². The molecule has 0 aliphatic heterocycles. The summed E-state index contributed by atoms with van der Waals surface area (Å²) in [6.07, 6.45) is 0. The van der Waals surface area contributed by atoms with Gasteiger partial charge in [-0.05, 0) is 29.8 Å². The van der Waals surface area contributed by atoms with Gasteiger partial charge >= 0.3 is 0 Å². The van der Waals surface area contributed by atoms with Gasteiger partial charge < -0.3 is 11.1 Å². The molecule has 0 atom stereocenters. The number of benzene rings is 1. The van der Waals surface area contributed by atoms with E-state index in [0.29, 0.717) is 23.1 Å². The third-order valence-electron chi connectivity index (χ3n) is 2.37. The Bertz CT molecular complexity index is 554. The number of anilines is 1. The third-order valence-corrected chi connectivity index (χ3v) is 2.62. The van der Waals surface area contributed by atoms with Crippen molar-refractivity contribution in [2.75, 3.05) is 5.73 Å². The van der Waals surface area contributed by atoms with Crippen LogP contribution in [0.15, 0.2) is 42.5 Å². The lowest BCUT2D eigenvalue weighted by atomic mass is 10.2. The first-order valence-electron chi connectivity index (χ1n) is 5.40. The number of nitrogens with two attached hydrogens (primary N) is 1. The van der Waals surface area contributed by atoms with Crippen LogP contribution in [0, 0.1) is 0 Å². The summed E-state index contributed by atoms with van der Waals surface area (Å²) in [5, 5.41) is 3.43. The fourth-order valence-corrected chi connectivity index (χ4v) is 1.58. The highest BCUT2D eigenvalue weighted by Crippen LogP contribution is 2.09. The smallest absolute Gasteiger partial charge is 0.270 e. The van der Waals surface area contributed by atoms with Crippen LogP contribution in [0.3, 0.4) is 0 Å². The molecule has 3 N–H and O–H groups in total. The molecule has 1 aromatic heterocycles. The molecule has 0 aliphatic carbocycles. The second-order valence-electron chi connectivity index (χ2n) is 3.76. The molecule has 2 aromatic rings. The highest BCUT2D eigenvalue weighted by atomic mass is 35.5. The average Bonchev–Trinajstić information content (AvgIpc) is 2.38. The Kier molecular flexibility index (Phi) is 3.79. The van der Waals surface area contributed by atoms with Crippen LogP contribution in [0.2, 0.25) is 5.02 Å². The van der Waals surface area contributed by atoms with Crippen molar-refractivity contribution < 1.29 is 4.79 Å². The summed E-state index contributed by atoms with van der Waals surface area (Å²) < 4.78 is 0. The van der Waals surface area contributed by atoms with Gasteiger partial charge in [-0.15, -0.1) is 0 Å². The number of pyridine rings is 1. The van der Waals surface area contributed by atoms with E-state index in [2.05, 4.69) is 10.3 Å². The predicted molar refractivity (Wildman–Crippen MR) is 71.3 cm³/mol. The van der Waals surface area contributed by atoms with Gasteiger partial charge in [0.05, 0.1) is 0 Å². The maximum absolute atomic E-state index is 11.8. The van der Waals surface area contributed by atoms with E-state index in [9.17, 15) is 4.79 Å². The quantitative estimate of drug-likeness (QED) is 0.890. The highest BCUT2D eigenvalue weighted by Gasteiger charge is 2.06. The number of carbonyl (C=O) groups excluding carboxylic acids is 1. The Morgan fingerprint density at radius 1 is 1.22 bits per heavy atom. The van der Waals surface area contributed by atoms with Crippen LogP contribution in [-0.4, -0.2) is 10.9 Å². The standard InChI is InChI=1S/C13H12ClN3O/c14-10-6-4-9(5-7-10)8-16-13(18)11-2-1-3-12(15)17-11/h1-7H,8H2,(H2,15,17)(H,16,18). The predicted octanol–water partition coefficient (Wildman–Crippen LogP) is 2.25. The van der Waals surface area contributed by atoms with Crippen molar-refractivity contribution >= 4 is 23.3 Å². The minimum atomic E-state index is -0.253. The van der Waals surface area contributed by atoms with Gasteiger partial charge in [-0.1, -0.05) is 29.8 Å². The summed E-state index contributed by atoms with van der Waals surface area (Å²) in [6, 6.07) is 12.2. The number of rotatable bonds is 3. The minimum absolute atomic E-state index is 0.253. The number of nitrogen functional groups attached to an aromatic ring is 1. The lowest BCUT2D eigenvalue weighted by Gasteiger charge is -2.05. The molecule has 18 heavy (non-hydrogen) atoms. The molecule has 0 saturated heterocycles. The summed E-state index contributed by atoms with van der Waals surface area (Å²) in [6.45, 7) is 0.423. The first kappa shape index (κ1) is 12.4. The summed E-state index contributed by atoms with van der Waals surface area (Å²) in [4.78, 5) is 15.7. The molecule has 0 unspecified atom stereocenters. The summed E-state index contributed by atoms with van der Waals surface area (Å²) in [7, 11) is 0. The Morgan fingerprint density at radius 2 is 1.94 bits per heavy atom. The first-order chi connectivity index (χ1) is 8.65.